The van der Waals surface area contributed by atoms with Crippen molar-refractivity contribution in [3.05, 3.63) is 69.6 Å². The molecule has 0 saturated heterocycles. The van der Waals surface area contributed by atoms with Gasteiger partial charge in [-0.1, -0.05) is 29.8 Å². The van der Waals surface area contributed by atoms with Crippen LogP contribution in [0.25, 0.3) is 17.2 Å². The summed E-state index contributed by atoms with van der Waals surface area (Å²) < 4.78 is 16.3. The Morgan fingerprint density at radius 1 is 1.17 bits per heavy atom. The normalized spacial score (nSPS) is 11.1. The molecule has 2 aromatic carbocycles. The van der Waals surface area contributed by atoms with Crippen LogP contribution in [0.3, 0.4) is 0 Å². The van der Waals surface area contributed by atoms with E-state index in [9.17, 15) is 14.9 Å². The van der Waals surface area contributed by atoms with E-state index in [0.29, 0.717) is 27.6 Å². The number of methoxy groups -OCH3 is 1. The van der Waals surface area contributed by atoms with Crippen molar-refractivity contribution >= 4 is 45.9 Å². The number of ether oxygens (including phenoxy) is 3. The van der Waals surface area contributed by atoms with Crippen LogP contribution in [0.1, 0.15) is 36.7 Å². The fourth-order valence-electron chi connectivity index (χ4n) is 3.31. The van der Waals surface area contributed by atoms with E-state index >= 15 is 0 Å². The van der Waals surface area contributed by atoms with Gasteiger partial charge >= 0.3 is 5.97 Å². The minimum Gasteiger partial charge on any atom is -0.493 e. The van der Waals surface area contributed by atoms with E-state index in [-0.39, 0.29) is 28.8 Å². The Hall–Kier alpha value is -3.80. The topological polar surface area (TPSA) is 97.7 Å². The Morgan fingerprint density at radius 3 is 2.50 bits per heavy atom. The first-order valence-corrected chi connectivity index (χ1v) is 12.4. The van der Waals surface area contributed by atoms with Crippen LogP contribution in [0.5, 0.6) is 11.5 Å². The smallest absolute Gasteiger partial charge is 0.341 e. The van der Waals surface area contributed by atoms with Crippen molar-refractivity contribution in [1.82, 2.24) is 0 Å². The van der Waals surface area contributed by atoms with Crippen LogP contribution >= 0.6 is 22.9 Å². The molecular formula is C27H25ClN2O5S. The Labute approximate surface area is 218 Å². The van der Waals surface area contributed by atoms with Gasteiger partial charge in [0.1, 0.15) is 22.2 Å². The van der Waals surface area contributed by atoms with Crippen LogP contribution in [0.4, 0.5) is 5.00 Å². The predicted octanol–water partition coefficient (Wildman–Crippen LogP) is 6.59. The van der Waals surface area contributed by atoms with Gasteiger partial charge in [0.15, 0.2) is 11.5 Å². The van der Waals surface area contributed by atoms with Crippen molar-refractivity contribution in [2.45, 2.75) is 26.9 Å². The highest BCUT2D eigenvalue weighted by Crippen LogP contribution is 2.37. The van der Waals surface area contributed by atoms with Crippen molar-refractivity contribution in [3.8, 4) is 28.7 Å². The molecule has 186 valence electrons. The number of carbonyl (C=O) groups is 2. The van der Waals surface area contributed by atoms with Crippen LogP contribution < -0.4 is 14.8 Å². The van der Waals surface area contributed by atoms with Gasteiger partial charge in [-0.2, -0.15) is 5.26 Å². The number of nitrogens with one attached hydrogen (secondary N) is 1. The van der Waals surface area contributed by atoms with Gasteiger partial charge in [-0.25, -0.2) is 4.79 Å². The van der Waals surface area contributed by atoms with Crippen LogP contribution in [-0.4, -0.2) is 31.7 Å². The fourth-order valence-corrected chi connectivity index (χ4v) is 4.39. The third kappa shape index (κ3) is 6.45. The number of carbonyl (C=O) groups excluding carboxylic acids is 2. The van der Waals surface area contributed by atoms with E-state index in [0.717, 1.165) is 5.56 Å². The molecule has 0 radical (unpaired) electrons. The number of nitriles is 1. The molecule has 0 saturated carbocycles. The average molecular weight is 525 g/mol. The lowest BCUT2D eigenvalue weighted by Gasteiger charge is -2.14. The molecule has 0 atom stereocenters. The molecule has 3 aromatic rings. The molecule has 0 spiro atoms. The number of anilines is 1. The standard InChI is InChI=1S/C27H25ClN2O5S/c1-5-34-27(32)24-21(18-7-9-20(28)10-8-18)15-36-26(24)30-25(31)19(14-29)12-17-6-11-22(35-16(2)3)23(13-17)33-4/h6-13,15-16H,5H2,1-4H3,(H,30,31)/b19-12-. The molecule has 1 heterocycles. The van der Waals surface area contributed by atoms with Crippen molar-refractivity contribution < 1.29 is 23.8 Å². The van der Waals surface area contributed by atoms with Gasteiger partial charge in [-0.15, -0.1) is 11.3 Å². The second-order valence-electron chi connectivity index (χ2n) is 7.78. The SMILES string of the molecule is CCOC(=O)c1c(-c2ccc(Cl)cc2)csc1NC(=O)/C(C#N)=C\c1ccc(OC(C)C)c(OC)c1. The molecule has 0 fully saturated rings. The highest BCUT2D eigenvalue weighted by Gasteiger charge is 2.24. The van der Waals surface area contributed by atoms with Gasteiger partial charge in [-0.3, -0.25) is 4.79 Å². The maximum atomic E-state index is 13.0. The maximum absolute atomic E-state index is 13.0. The van der Waals surface area contributed by atoms with E-state index in [1.807, 2.05) is 19.9 Å². The monoisotopic (exact) mass is 524 g/mol. The van der Waals surface area contributed by atoms with E-state index in [1.54, 1.807) is 54.8 Å². The van der Waals surface area contributed by atoms with Gasteiger partial charge in [-0.05, 0) is 62.2 Å². The highest BCUT2D eigenvalue weighted by molar-refractivity contribution is 7.15. The largest absolute Gasteiger partial charge is 0.493 e. The Bertz CT molecular complexity index is 1320. The lowest BCUT2D eigenvalue weighted by atomic mass is 10.0. The zero-order chi connectivity index (χ0) is 26.2. The van der Waals surface area contributed by atoms with Gasteiger partial charge in [0.2, 0.25) is 0 Å². The van der Waals surface area contributed by atoms with Crippen LogP contribution in [0, 0.1) is 11.3 Å². The van der Waals surface area contributed by atoms with Crippen LogP contribution in [-0.2, 0) is 9.53 Å². The summed E-state index contributed by atoms with van der Waals surface area (Å²) in [6.45, 7) is 5.67. The lowest BCUT2D eigenvalue weighted by Crippen LogP contribution is -2.16. The molecule has 0 bridgehead atoms. The van der Waals surface area contributed by atoms with E-state index < -0.39 is 11.9 Å². The van der Waals surface area contributed by atoms with Crippen molar-refractivity contribution in [2.75, 3.05) is 19.0 Å². The summed E-state index contributed by atoms with van der Waals surface area (Å²) in [6, 6.07) is 14.0. The average Bonchev–Trinajstić information content (AvgIpc) is 3.26. The zero-order valence-electron chi connectivity index (χ0n) is 20.3. The minimum absolute atomic E-state index is 0.0436. The van der Waals surface area contributed by atoms with Crippen molar-refractivity contribution in [2.24, 2.45) is 0 Å². The first-order valence-electron chi connectivity index (χ1n) is 11.1. The number of esters is 1. The van der Waals surface area contributed by atoms with Crippen molar-refractivity contribution in [1.29, 1.82) is 5.26 Å². The number of hydrogen-bond donors (Lipinski definition) is 1. The highest BCUT2D eigenvalue weighted by atomic mass is 35.5. The second kappa shape index (κ2) is 12.2. The van der Waals surface area contributed by atoms with Gasteiger partial charge in [0, 0.05) is 16.0 Å². The van der Waals surface area contributed by atoms with E-state index in [2.05, 4.69) is 5.32 Å². The maximum Gasteiger partial charge on any atom is 0.341 e. The molecule has 7 nitrogen and oxygen atoms in total. The van der Waals surface area contributed by atoms with Crippen LogP contribution in [0.2, 0.25) is 5.02 Å². The third-order valence-corrected chi connectivity index (χ3v) is 6.03. The molecule has 0 aliphatic carbocycles. The van der Waals surface area contributed by atoms with Crippen molar-refractivity contribution in [3.63, 3.8) is 0 Å². The zero-order valence-corrected chi connectivity index (χ0v) is 21.8. The quantitative estimate of drug-likeness (QED) is 0.193. The molecular weight excluding hydrogens is 500 g/mol. The van der Waals surface area contributed by atoms with Gasteiger partial charge < -0.3 is 19.5 Å². The fraction of sp³-hybridized carbons (Fsp3) is 0.222. The number of hydrogen-bond acceptors (Lipinski definition) is 7. The summed E-state index contributed by atoms with van der Waals surface area (Å²) in [5.41, 5.74) is 1.98. The van der Waals surface area contributed by atoms with Gasteiger partial charge in [0.25, 0.3) is 5.91 Å². The molecule has 3 rings (SSSR count). The number of thiophene rings is 1. The number of amides is 1. The second-order valence-corrected chi connectivity index (χ2v) is 9.10. The Kier molecular flexibility index (Phi) is 9.12. The number of rotatable bonds is 9. The molecule has 0 unspecified atom stereocenters. The summed E-state index contributed by atoms with van der Waals surface area (Å²) in [5, 5.41) is 15.0. The first-order chi connectivity index (χ1) is 17.3. The predicted molar refractivity (Wildman–Crippen MR) is 142 cm³/mol. The van der Waals surface area contributed by atoms with E-state index in [4.69, 9.17) is 25.8 Å². The Balaban J connectivity index is 1.93. The number of halogens is 1. The number of nitrogens with zero attached hydrogens (tertiary/aromatic N) is 1. The van der Waals surface area contributed by atoms with E-state index in [1.165, 1.54) is 24.5 Å². The summed E-state index contributed by atoms with van der Waals surface area (Å²) >= 11 is 7.16. The summed E-state index contributed by atoms with van der Waals surface area (Å²) in [7, 11) is 1.51. The Morgan fingerprint density at radius 2 is 1.89 bits per heavy atom. The summed E-state index contributed by atoms with van der Waals surface area (Å²) in [4.78, 5) is 25.8. The number of benzene rings is 2. The molecule has 1 N–H and O–H groups in total. The molecule has 36 heavy (non-hydrogen) atoms. The molecule has 9 heteroatoms. The van der Waals surface area contributed by atoms with Crippen LogP contribution in [0.15, 0.2) is 53.4 Å². The third-order valence-electron chi connectivity index (χ3n) is 4.88. The molecule has 0 aliphatic rings. The summed E-state index contributed by atoms with van der Waals surface area (Å²) in [5.74, 6) is -0.202. The minimum atomic E-state index is -0.658. The lowest BCUT2D eigenvalue weighted by molar-refractivity contribution is -0.112. The molecule has 1 aromatic heterocycles. The molecule has 0 aliphatic heterocycles. The first kappa shape index (κ1) is 26.8. The van der Waals surface area contributed by atoms with Gasteiger partial charge in [0.05, 0.1) is 19.8 Å². The summed E-state index contributed by atoms with van der Waals surface area (Å²) in [6.07, 6.45) is 1.40. The molecule has 1 amide bonds.